The molecule has 0 spiro atoms. The zero-order chi connectivity index (χ0) is 13.1. The molecule has 2 nitrogen and oxygen atoms in total. The predicted molar refractivity (Wildman–Crippen MR) is 68.6 cm³/mol. The van der Waals surface area contributed by atoms with Gasteiger partial charge in [-0.3, -0.25) is 0 Å². The van der Waals surface area contributed by atoms with E-state index in [1.165, 1.54) is 12.1 Å². The van der Waals surface area contributed by atoms with Crippen molar-refractivity contribution in [3.63, 3.8) is 0 Å². The van der Waals surface area contributed by atoms with Crippen molar-refractivity contribution in [3.05, 3.63) is 35.6 Å². The van der Waals surface area contributed by atoms with Gasteiger partial charge in [-0.1, -0.05) is 26.0 Å². The van der Waals surface area contributed by atoms with Gasteiger partial charge in [-0.05, 0) is 31.5 Å². The van der Waals surface area contributed by atoms with Gasteiger partial charge in [0.15, 0.2) is 0 Å². The van der Waals surface area contributed by atoms with Crippen LogP contribution in [0, 0.1) is 5.82 Å². The summed E-state index contributed by atoms with van der Waals surface area (Å²) in [6.07, 6.45) is -0.360. The molecule has 0 aliphatic rings. The molecule has 2 N–H and O–H groups in total. The van der Waals surface area contributed by atoms with Crippen LogP contribution in [0.15, 0.2) is 24.3 Å². The topological polar surface area (TPSA) is 32.3 Å². The normalized spacial score (nSPS) is 15.6. The molecule has 0 bridgehead atoms. The second kappa shape index (κ2) is 5.61. The summed E-state index contributed by atoms with van der Waals surface area (Å²) in [4.78, 5) is 0. The van der Waals surface area contributed by atoms with Gasteiger partial charge < -0.3 is 10.4 Å². The quantitative estimate of drug-likeness (QED) is 0.827. The fraction of sp³-hybridized carbons (Fsp3) is 0.571. The number of rotatable bonds is 5. The van der Waals surface area contributed by atoms with E-state index in [0.29, 0.717) is 6.54 Å². The third-order valence-corrected chi connectivity index (χ3v) is 3.39. The molecule has 1 unspecified atom stereocenters. The van der Waals surface area contributed by atoms with Crippen molar-refractivity contribution in [2.75, 3.05) is 6.54 Å². The van der Waals surface area contributed by atoms with Crippen LogP contribution in [0.25, 0.3) is 0 Å². The molecule has 0 radical (unpaired) electrons. The molecule has 0 aromatic heterocycles. The number of hydrogen-bond donors (Lipinski definition) is 2. The molecule has 0 heterocycles. The van der Waals surface area contributed by atoms with Crippen LogP contribution >= 0.6 is 0 Å². The van der Waals surface area contributed by atoms with Crippen LogP contribution in [-0.4, -0.2) is 23.8 Å². The van der Waals surface area contributed by atoms with E-state index in [0.717, 1.165) is 5.56 Å². The molecule has 1 rings (SSSR count). The number of hydrogen-bond acceptors (Lipinski definition) is 2. The average molecular weight is 239 g/mol. The Hall–Kier alpha value is -0.930. The van der Waals surface area contributed by atoms with Crippen LogP contribution in [0.5, 0.6) is 0 Å². The molecule has 0 aliphatic carbocycles. The van der Waals surface area contributed by atoms with Crippen molar-refractivity contribution >= 4 is 0 Å². The number of aliphatic hydroxyl groups excluding tert-OH is 1. The van der Waals surface area contributed by atoms with Crippen LogP contribution in [-0.2, 0) is 5.41 Å². The first kappa shape index (κ1) is 14.1. The predicted octanol–water partition coefficient (Wildman–Crippen LogP) is 2.46. The molecule has 0 amide bonds. The van der Waals surface area contributed by atoms with Gasteiger partial charge >= 0.3 is 0 Å². The highest BCUT2D eigenvalue weighted by Gasteiger charge is 2.27. The lowest BCUT2D eigenvalue weighted by Crippen LogP contribution is -2.44. The minimum absolute atomic E-state index is 0.109. The SMILES string of the molecule is CC(NC[C@H](C)O)C(C)(C)c1ccc(F)cc1. The second-order valence-electron chi connectivity index (χ2n) is 5.21. The lowest BCUT2D eigenvalue weighted by molar-refractivity contribution is 0.180. The summed E-state index contributed by atoms with van der Waals surface area (Å²) in [5, 5.41) is 12.6. The van der Waals surface area contributed by atoms with Gasteiger partial charge in [-0.15, -0.1) is 0 Å². The molecule has 2 atom stereocenters. The molecule has 0 saturated carbocycles. The average Bonchev–Trinajstić information content (AvgIpc) is 2.26. The fourth-order valence-corrected chi connectivity index (χ4v) is 1.73. The third kappa shape index (κ3) is 3.79. The number of halogens is 1. The Morgan fingerprint density at radius 1 is 1.24 bits per heavy atom. The van der Waals surface area contributed by atoms with Crippen LogP contribution in [0.4, 0.5) is 4.39 Å². The minimum Gasteiger partial charge on any atom is -0.392 e. The Labute approximate surface area is 103 Å². The van der Waals surface area contributed by atoms with Crippen LogP contribution < -0.4 is 5.32 Å². The van der Waals surface area contributed by atoms with Gasteiger partial charge in [0, 0.05) is 18.0 Å². The van der Waals surface area contributed by atoms with Crippen molar-refractivity contribution < 1.29 is 9.50 Å². The molecule has 1 aromatic rings. The van der Waals surface area contributed by atoms with Crippen LogP contribution in [0.2, 0.25) is 0 Å². The van der Waals surface area contributed by atoms with Crippen LogP contribution in [0.3, 0.4) is 0 Å². The lowest BCUT2D eigenvalue weighted by Gasteiger charge is -2.33. The molecule has 1 aromatic carbocycles. The first-order chi connectivity index (χ1) is 7.84. The number of benzene rings is 1. The van der Waals surface area contributed by atoms with Gasteiger partial charge in [-0.2, -0.15) is 0 Å². The Morgan fingerprint density at radius 3 is 2.24 bits per heavy atom. The number of aliphatic hydroxyl groups is 1. The Balaban J connectivity index is 2.75. The highest BCUT2D eigenvalue weighted by molar-refractivity contribution is 5.26. The maximum atomic E-state index is 12.9. The van der Waals surface area contributed by atoms with E-state index in [4.69, 9.17) is 0 Å². The smallest absolute Gasteiger partial charge is 0.123 e. The van der Waals surface area contributed by atoms with Crippen molar-refractivity contribution in [3.8, 4) is 0 Å². The summed E-state index contributed by atoms with van der Waals surface area (Å²) in [6.45, 7) is 8.61. The Morgan fingerprint density at radius 2 is 1.76 bits per heavy atom. The summed E-state index contributed by atoms with van der Waals surface area (Å²) in [5.41, 5.74) is 0.979. The first-order valence-corrected chi connectivity index (χ1v) is 6.01. The molecular weight excluding hydrogens is 217 g/mol. The van der Waals surface area contributed by atoms with E-state index in [2.05, 4.69) is 26.1 Å². The zero-order valence-corrected chi connectivity index (χ0v) is 11.0. The summed E-state index contributed by atoms with van der Waals surface area (Å²) < 4.78 is 12.9. The molecule has 0 aliphatic heterocycles. The van der Waals surface area contributed by atoms with Crippen molar-refractivity contribution in [1.82, 2.24) is 5.32 Å². The maximum absolute atomic E-state index is 12.9. The zero-order valence-electron chi connectivity index (χ0n) is 11.0. The fourth-order valence-electron chi connectivity index (χ4n) is 1.73. The maximum Gasteiger partial charge on any atom is 0.123 e. The van der Waals surface area contributed by atoms with Gasteiger partial charge in [-0.25, -0.2) is 4.39 Å². The molecule has 0 fully saturated rings. The third-order valence-electron chi connectivity index (χ3n) is 3.39. The van der Waals surface area contributed by atoms with E-state index < -0.39 is 0 Å². The van der Waals surface area contributed by atoms with Crippen LogP contribution in [0.1, 0.15) is 33.3 Å². The molecule has 96 valence electrons. The molecule has 3 heteroatoms. The Kier molecular flexibility index (Phi) is 4.66. The summed E-state index contributed by atoms with van der Waals surface area (Å²) >= 11 is 0. The van der Waals surface area contributed by atoms with Crippen molar-refractivity contribution in [2.24, 2.45) is 0 Å². The van der Waals surface area contributed by atoms with E-state index in [1.54, 1.807) is 6.92 Å². The van der Waals surface area contributed by atoms with Gasteiger partial charge in [0.05, 0.1) is 6.10 Å². The molecule has 17 heavy (non-hydrogen) atoms. The van der Waals surface area contributed by atoms with E-state index in [9.17, 15) is 9.50 Å². The van der Waals surface area contributed by atoms with Crippen molar-refractivity contribution in [2.45, 2.75) is 45.3 Å². The molecular formula is C14H22FNO. The van der Waals surface area contributed by atoms with E-state index >= 15 is 0 Å². The monoisotopic (exact) mass is 239 g/mol. The van der Waals surface area contributed by atoms with E-state index in [1.807, 2.05) is 12.1 Å². The second-order valence-corrected chi connectivity index (χ2v) is 5.21. The lowest BCUT2D eigenvalue weighted by atomic mass is 9.78. The highest BCUT2D eigenvalue weighted by atomic mass is 19.1. The summed E-state index contributed by atoms with van der Waals surface area (Å²) in [5.74, 6) is -0.214. The number of nitrogens with one attached hydrogen (secondary N) is 1. The summed E-state index contributed by atoms with van der Waals surface area (Å²) in [7, 11) is 0. The minimum atomic E-state index is -0.360. The Bertz CT molecular complexity index is 346. The molecule has 0 saturated heterocycles. The van der Waals surface area contributed by atoms with Gasteiger partial charge in [0.2, 0.25) is 0 Å². The van der Waals surface area contributed by atoms with Gasteiger partial charge in [0.25, 0.3) is 0 Å². The first-order valence-electron chi connectivity index (χ1n) is 6.01. The summed E-state index contributed by atoms with van der Waals surface area (Å²) in [6, 6.07) is 6.80. The standard InChI is InChI=1S/C14H22FNO/c1-10(17)9-16-11(2)14(3,4)12-5-7-13(15)8-6-12/h5-8,10-11,16-17H,9H2,1-4H3/t10-,11?/m0/s1. The van der Waals surface area contributed by atoms with Gasteiger partial charge in [0.1, 0.15) is 5.82 Å². The highest BCUT2D eigenvalue weighted by Crippen LogP contribution is 2.27. The van der Waals surface area contributed by atoms with Crippen molar-refractivity contribution in [1.29, 1.82) is 0 Å². The largest absolute Gasteiger partial charge is 0.392 e. The van der Waals surface area contributed by atoms with E-state index in [-0.39, 0.29) is 23.4 Å².